The number of amides is 1. The van der Waals surface area contributed by atoms with E-state index in [0.29, 0.717) is 17.8 Å². The van der Waals surface area contributed by atoms with Gasteiger partial charge in [0.1, 0.15) is 5.56 Å². The summed E-state index contributed by atoms with van der Waals surface area (Å²) in [5, 5.41) is 20.3. The van der Waals surface area contributed by atoms with E-state index in [1.165, 1.54) is 0 Å². The molecular formula is C18H22N6O. The van der Waals surface area contributed by atoms with Gasteiger partial charge in [-0.05, 0) is 45.0 Å². The molecule has 130 valence electrons. The number of benzene rings is 1. The highest BCUT2D eigenvalue weighted by Crippen LogP contribution is 2.32. The van der Waals surface area contributed by atoms with Crippen LogP contribution in [0.4, 0.5) is 11.5 Å². The Kier molecular flexibility index (Phi) is 4.72. The third-order valence-electron chi connectivity index (χ3n) is 4.72. The summed E-state index contributed by atoms with van der Waals surface area (Å²) in [7, 11) is 0. The van der Waals surface area contributed by atoms with E-state index in [-0.39, 0.29) is 0 Å². The zero-order valence-corrected chi connectivity index (χ0v) is 14.2. The van der Waals surface area contributed by atoms with Crippen LogP contribution in [0, 0.1) is 18.3 Å². The third kappa shape index (κ3) is 3.49. The number of nitrogens with zero attached hydrogens (tertiary/aromatic N) is 3. The van der Waals surface area contributed by atoms with Crippen LogP contribution in [0.15, 0.2) is 30.5 Å². The SMILES string of the molecule is Cc1ccc(Nc2nn(C3(CC#N)CCNCC3)cc2C(N)=O)cc1. The molecule has 4 N–H and O–H groups in total. The first-order valence-electron chi connectivity index (χ1n) is 8.35. The van der Waals surface area contributed by atoms with Crippen LogP contribution in [-0.4, -0.2) is 28.8 Å². The minimum Gasteiger partial charge on any atom is -0.365 e. The first-order valence-corrected chi connectivity index (χ1v) is 8.35. The summed E-state index contributed by atoms with van der Waals surface area (Å²) < 4.78 is 1.76. The van der Waals surface area contributed by atoms with E-state index in [1.54, 1.807) is 10.9 Å². The number of anilines is 2. The van der Waals surface area contributed by atoms with Crippen LogP contribution >= 0.6 is 0 Å². The molecular weight excluding hydrogens is 316 g/mol. The van der Waals surface area contributed by atoms with Crippen LogP contribution in [0.2, 0.25) is 0 Å². The normalized spacial score (nSPS) is 16.2. The maximum absolute atomic E-state index is 11.9. The van der Waals surface area contributed by atoms with Crippen molar-refractivity contribution in [1.29, 1.82) is 5.26 Å². The lowest BCUT2D eigenvalue weighted by molar-refractivity contribution is 0.100. The van der Waals surface area contributed by atoms with E-state index in [2.05, 4.69) is 21.8 Å². The van der Waals surface area contributed by atoms with Crippen LogP contribution < -0.4 is 16.4 Å². The van der Waals surface area contributed by atoms with E-state index in [4.69, 9.17) is 5.73 Å². The Morgan fingerprint density at radius 2 is 2.08 bits per heavy atom. The summed E-state index contributed by atoms with van der Waals surface area (Å²) >= 11 is 0. The van der Waals surface area contributed by atoms with Crippen molar-refractivity contribution in [3.05, 3.63) is 41.6 Å². The molecule has 1 amide bonds. The molecule has 0 aliphatic carbocycles. The molecule has 7 heteroatoms. The van der Waals surface area contributed by atoms with Crippen molar-refractivity contribution < 1.29 is 4.79 Å². The van der Waals surface area contributed by atoms with Crippen LogP contribution in [0.5, 0.6) is 0 Å². The van der Waals surface area contributed by atoms with Crippen molar-refractivity contribution in [3.63, 3.8) is 0 Å². The molecule has 1 aromatic heterocycles. The monoisotopic (exact) mass is 338 g/mol. The van der Waals surface area contributed by atoms with Crippen molar-refractivity contribution in [2.45, 2.75) is 31.7 Å². The van der Waals surface area contributed by atoms with E-state index in [0.717, 1.165) is 37.2 Å². The number of piperidine rings is 1. The van der Waals surface area contributed by atoms with Crippen LogP contribution in [0.25, 0.3) is 0 Å². The number of carbonyl (C=O) groups excluding carboxylic acids is 1. The molecule has 0 saturated carbocycles. The summed E-state index contributed by atoms with van der Waals surface area (Å²) in [6.07, 6.45) is 3.58. The molecule has 0 bridgehead atoms. The fraction of sp³-hybridized carbons (Fsp3) is 0.389. The van der Waals surface area contributed by atoms with Crippen molar-refractivity contribution in [2.24, 2.45) is 5.73 Å². The van der Waals surface area contributed by atoms with Gasteiger partial charge in [0, 0.05) is 11.9 Å². The molecule has 0 radical (unpaired) electrons. The summed E-state index contributed by atoms with van der Waals surface area (Å²) in [6, 6.07) is 10.1. The number of nitrogens with two attached hydrogens (primary N) is 1. The van der Waals surface area contributed by atoms with Gasteiger partial charge in [-0.25, -0.2) is 0 Å². The molecule has 2 heterocycles. The lowest BCUT2D eigenvalue weighted by atomic mass is 9.86. The minimum atomic E-state index is -0.540. The predicted octanol–water partition coefficient (Wildman–Crippen LogP) is 2.03. The molecule has 1 saturated heterocycles. The van der Waals surface area contributed by atoms with Crippen LogP contribution in [0.1, 0.15) is 35.2 Å². The number of hydrogen-bond acceptors (Lipinski definition) is 5. The zero-order valence-electron chi connectivity index (χ0n) is 14.2. The zero-order chi connectivity index (χ0) is 17.9. The smallest absolute Gasteiger partial charge is 0.254 e. The van der Waals surface area contributed by atoms with Crippen molar-refractivity contribution in [2.75, 3.05) is 18.4 Å². The number of carbonyl (C=O) groups is 1. The lowest BCUT2D eigenvalue weighted by Gasteiger charge is -2.36. The summed E-state index contributed by atoms with van der Waals surface area (Å²) in [5.41, 5.74) is 7.45. The molecule has 0 atom stereocenters. The molecule has 1 aliphatic rings. The highest BCUT2D eigenvalue weighted by Gasteiger charge is 2.36. The number of aromatic nitrogens is 2. The van der Waals surface area contributed by atoms with Crippen molar-refractivity contribution >= 4 is 17.4 Å². The van der Waals surface area contributed by atoms with E-state index < -0.39 is 11.4 Å². The van der Waals surface area contributed by atoms with E-state index in [1.807, 2.05) is 31.2 Å². The lowest BCUT2D eigenvalue weighted by Crippen LogP contribution is -2.44. The standard InChI is InChI=1S/C18H22N6O/c1-13-2-4-14(5-3-13)22-17-15(16(20)25)12-24(23-17)18(6-9-19)7-10-21-11-8-18/h2-5,12,21H,6-8,10-11H2,1H3,(H2,20,25)(H,22,23). The Balaban J connectivity index is 1.97. The van der Waals surface area contributed by atoms with Gasteiger partial charge in [0.2, 0.25) is 0 Å². The molecule has 1 aliphatic heterocycles. The Hall–Kier alpha value is -2.85. The maximum Gasteiger partial charge on any atom is 0.254 e. The number of aryl methyl sites for hydroxylation is 1. The average molecular weight is 338 g/mol. The van der Waals surface area contributed by atoms with E-state index >= 15 is 0 Å². The number of nitriles is 1. The maximum atomic E-state index is 11.9. The molecule has 1 fully saturated rings. The Labute approximate surface area is 146 Å². The molecule has 3 rings (SSSR count). The van der Waals surface area contributed by atoms with Crippen molar-refractivity contribution in [1.82, 2.24) is 15.1 Å². The van der Waals surface area contributed by atoms with Gasteiger partial charge in [-0.1, -0.05) is 17.7 Å². The molecule has 0 spiro atoms. The Bertz CT molecular complexity index is 796. The van der Waals surface area contributed by atoms with Crippen LogP contribution in [0.3, 0.4) is 0 Å². The van der Waals surface area contributed by atoms with Crippen LogP contribution in [-0.2, 0) is 5.54 Å². The second kappa shape index (κ2) is 6.95. The van der Waals surface area contributed by atoms with Gasteiger partial charge in [0.15, 0.2) is 5.82 Å². The Morgan fingerprint density at radius 1 is 1.40 bits per heavy atom. The highest BCUT2D eigenvalue weighted by atomic mass is 16.1. The quantitative estimate of drug-likeness (QED) is 0.773. The molecule has 0 unspecified atom stereocenters. The summed E-state index contributed by atoms with van der Waals surface area (Å²) in [4.78, 5) is 11.9. The number of primary amides is 1. The number of hydrogen-bond donors (Lipinski definition) is 3. The summed E-state index contributed by atoms with van der Waals surface area (Å²) in [6.45, 7) is 3.64. The van der Waals surface area contributed by atoms with E-state index in [9.17, 15) is 10.1 Å². The Morgan fingerprint density at radius 3 is 2.68 bits per heavy atom. The fourth-order valence-electron chi connectivity index (χ4n) is 3.19. The van der Waals surface area contributed by atoms with Gasteiger partial charge in [-0.2, -0.15) is 10.4 Å². The largest absolute Gasteiger partial charge is 0.365 e. The fourth-order valence-corrected chi connectivity index (χ4v) is 3.19. The van der Waals surface area contributed by atoms with Gasteiger partial charge in [0.25, 0.3) is 5.91 Å². The topological polar surface area (TPSA) is 109 Å². The predicted molar refractivity (Wildman–Crippen MR) is 95.5 cm³/mol. The molecule has 1 aromatic carbocycles. The summed E-state index contributed by atoms with van der Waals surface area (Å²) in [5.74, 6) is -0.117. The minimum absolute atomic E-state index is 0.330. The second-order valence-corrected chi connectivity index (χ2v) is 6.50. The molecule has 7 nitrogen and oxygen atoms in total. The third-order valence-corrected chi connectivity index (χ3v) is 4.72. The molecule has 2 aromatic rings. The number of nitrogens with one attached hydrogen (secondary N) is 2. The van der Waals surface area contributed by atoms with Gasteiger partial charge < -0.3 is 16.4 Å². The highest BCUT2D eigenvalue weighted by molar-refractivity contribution is 5.98. The van der Waals surface area contributed by atoms with Gasteiger partial charge in [-0.15, -0.1) is 0 Å². The van der Waals surface area contributed by atoms with Gasteiger partial charge in [0.05, 0.1) is 18.0 Å². The molecule has 25 heavy (non-hydrogen) atoms. The number of rotatable bonds is 5. The first-order chi connectivity index (χ1) is 12.0. The van der Waals surface area contributed by atoms with Crippen molar-refractivity contribution in [3.8, 4) is 6.07 Å². The van der Waals surface area contributed by atoms with Gasteiger partial charge >= 0.3 is 0 Å². The van der Waals surface area contributed by atoms with Gasteiger partial charge in [-0.3, -0.25) is 9.48 Å². The average Bonchev–Trinajstić information content (AvgIpc) is 3.03. The second-order valence-electron chi connectivity index (χ2n) is 6.50. The first kappa shape index (κ1) is 17.0.